The van der Waals surface area contributed by atoms with Gasteiger partial charge in [0.25, 0.3) is 0 Å². The van der Waals surface area contributed by atoms with Crippen LogP contribution in [0.2, 0.25) is 0 Å². The van der Waals surface area contributed by atoms with Gasteiger partial charge in [0.2, 0.25) is 5.43 Å². The second kappa shape index (κ2) is 11.2. The van der Waals surface area contributed by atoms with Gasteiger partial charge in [-0.2, -0.15) is 23.5 Å². The van der Waals surface area contributed by atoms with E-state index in [1.165, 1.54) is 16.9 Å². The van der Waals surface area contributed by atoms with Crippen molar-refractivity contribution >= 4 is 5.97 Å². The fraction of sp³-hybridized carbons (Fsp3) is 0.250. The number of esters is 1. The van der Waals surface area contributed by atoms with Gasteiger partial charge < -0.3 is 9.47 Å². The van der Waals surface area contributed by atoms with Gasteiger partial charge in [-0.15, -0.1) is 0 Å². The highest BCUT2D eigenvalue weighted by molar-refractivity contribution is 5.72. The zero-order valence-corrected chi connectivity index (χ0v) is 17.9. The number of hydrogen-bond acceptors (Lipinski definition) is 6. The van der Waals surface area contributed by atoms with Gasteiger partial charge in [0.05, 0.1) is 30.3 Å². The van der Waals surface area contributed by atoms with E-state index in [9.17, 15) is 22.8 Å². The Labute approximate surface area is 193 Å². The van der Waals surface area contributed by atoms with Crippen molar-refractivity contribution in [3.8, 4) is 11.8 Å². The molecule has 0 bridgehead atoms. The van der Waals surface area contributed by atoms with Crippen LogP contribution in [0.3, 0.4) is 0 Å². The van der Waals surface area contributed by atoms with E-state index in [0.717, 1.165) is 5.56 Å². The molecule has 3 aromatic rings. The van der Waals surface area contributed by atoms with Crippen molar-refractivity contribution < 1.29 is 27.4 Å². The molecule has 0 saturated heterocycles. The third-order valence-corrected chi connectivity index (χ3v) is 4.59. The lowest BCUT2D eigenvalue weighted by Crippen LogP contribution is -2.20. The van der Waals surface area contributed by atoms with Crippen LogP contribution in [-0.2, 0) is 27.1 Å². The zero-order valence-electron chi connectivity index (χ0n) is 17.9. The molecule has 0 atom stereocenters. The van der Waals surface area contributed by atoms with E-state index in [1.54, 1.807) is 48.5 Å². The Morgan fingerprint density at radius 2 is 1.82 bits per heavy atom. The molecule has 0 aliphatic heterocycles. The van der Waals surface area contributed by atoms with Crippen molar-refractivity contribution in [2.45, 2.75) is 19.0 Å². The highest BCUT2D eigenvalue weighted by Crippen LogP contribution is 2.14. The number of halogens is 3. The van der Waals surface area contributed by atoms with Crippen molar-refractivity contribution in [3.05, 3.63) is 93.4 Å². The van der Waals surface area contributed by atoms with Crippen LogP contribution in [0.25, 0.3) is 5.69 Å². The van der Waals surface area contributed by atoms with Crippen LogP contribution in [-0.4, -0.2) is 41.7 Å². The fourth-order valence-electron chi connectivity index (χ4n) is 3.09. The van der Waals surface area contributed by atoms with Crippen LogP contribution in [0.5, 0.6) is 0 Å². The lowest BCUT2D eigenvalue weighted by Gasteiger charge is -2.09. The fourth-order valence-corrected chi connectivity index (χ4v) is 3.09. The predicted octanol–water partition coefficient (Wildman–Crippen LogP) is 3.36. The number of hydrogen-bond donors (Lipinski definition) is 0. The normalized spacial score (nSPS) is 11.1. The van der Waals surface area contributed by atoms with Crippen LogP contribution in [0.15, 0.2) is 65.6 Å². The average Bonchev–Trinajstić information content (AvgIpc) is 2.80. The van der Waals surface area contributed by atoms with E-state index < -0.39 is 18.8 Å². The summed E-state index contributed by atoms with van der Waals surface area (Å²) in [4.78, 5) is 24.3. The highest BCUT2D eigenvalue weighted by Gasteiger charge is 2.27. The maximum Gasteiger partial charge on any atom is 0.411 e. The van der Waals surface area contributed by atoms with Gasteiger partial charge >= 0.3 is 12.1 Å². The van der Waals surface area contributed by atoms with E-state index in [0.29, 0.717) is 16.8 Å². The molecule has 0 aliphatic rings. The monoisotopic (exact) mass is 471 g/mol. The van der Waals surface area contributed by atoms with E-state index in [2.05, 4.69) is 15.9 Å². The van der Waals surface area contributed by atoms with Gasteiger partial charge in [-0.3, -0.25) is 9.59 Å². The third kappa shape index (κ3) is 7.56. The minimum atomic E-state index is -4.43. The van der Waals surface area contributed by atoms with Crippen LogP contribution < -0.4 is 5.43 Å². The molecule has 0 N–H and O–H groups in total. The van der Waals surface area contributed by atoms with Crippen LogP contribution in [0, 0.1) is 11.3 Å². The molecule has 0 spiro atoms. The number of nitrogens with zero attached hydrogens (tertiary/aromatic N) is 3. The Morgan fingerprint density at radius 3 is 2.59 bits per heavy atom. The van der Waals surface area contributed by atoms with E-state index >= 15 is 0 Å². The maximum absolute atomic E-state index is 12.3. The van der Waals surface area contributed by atoms with Gasteiger partial charge in [-0.05, 0) is 29.3 Å². The van der Waals surface area contributed by atoms with Gasteiger partial charge in [0, 0.05) is 18.7 Å². The van der Waals surface area contributed by atoms with E-state index in [-0.39, 0.29) is 37.2 Å². The first kappa shape index (κ1) is 24.7. The summed E-state index contributed by atoms with van der Waals surface area (Å²) in [6.45, 7) is -2.03. The molecule has 0 amide bonds. The molecule has 0 unspecified atom stereocenters. The number of alkyl halides is 3. The lowest BCUT2D eigenvalue weighted by atomic mass is 10.0. The SMILES string of the molecule is N#Cc1cccc(-n2ccc(=O)c(Cc3cccc(CC(=O)OCCOCC(F)(F)F)c3)n2)c1. The summed E-state index contributed by atoms with van der Waals surface area (Å²) in [5.41, 5.74) is 2.49. The Hall–Kier alpha value is -3.97. The Bertz CT molecular complexity index is 1250. The lowest BCUT2D eigenvalue weighted by molar-refractivity contribution is -0.177. The second-order valence-electron chi connectivity index (χ2n) is 7.30. The smallest absolute Gasteiger partial charge is 0.411 e. The third-order valence-electron chi connectivity index (χ3n) is 4.59. The van der Waals surface area contributed by atoms with Gasteiger partial charge in [0.15, 0.2) is 0 Å². The Balaban J connectivity index is 1.62. The molecular weight excluding hydrogens is 451 g/mol. The quantitative estimate of drug-likeness (QED) is 0.351. The van der Waals surface area contributed by atoms with E-state index in [1.807, 2.05) is 0 Å². The molecule has 10 heteroatoms. The molecule has 1 heterocycles. The van der Waals surface area contributed by atoms with E-state index in [4.69, 9.17) is 10.00 Å². The molecule has 0 radical (unpaired) electrons. The summed E-state index contributed by atoms with van der Waals surface area (Å²) in [6.07, 6.45) is -2.78. The summed E-state index contributed by atoms with van der Waals surface area (Å²) in [6, 6.07) is 17.2. The van der Waals surface area contributed by atoms with Crippen molar-refractivity contribution in [2.75, 3.05) is 19.8 Å². The number of aromatic nitrogens is 2. The summed E-state index contributed by atoms with van der Waals surface area (Å²) in [5, 5.41) is 13.5. The van der Waals surface area contributed by atoms with Crippen molar-refractivity contribution in [1.82, 2.24) is 9.78 Å². The summed E-state index contributed by atoms with van der Waals surface area (Å²) >= 11 is 0. The molecular formula is C24H20F3N3O4. The Morgan fingerprint density at radius 1 is 1.06 bits per heavy atom. The summed E-state index contributed by atoms with van der Waals surface area (Å²) in [7, 11) is 0. The van der Waals surface area contributed by atoms with Gasteiger partial charge in [-0.1, -0.05) is 30.3 Å². The standard InChI is InChI=1S/C24H20F3N3O4/c25-24(26,27)16-33-9-10-34-23(32)14-18-4-1-3-17(11-18)13-21-22(31)7-8-30(29-21)20-6-2-5-19(12-20)15-28/h1-8,11-12H,9-10,13-14,16H2. The molecule has 0 saturated carbocycles. The number of ether oxygens (including phenoxy) is 2. The Kier molecular flexibility index (Phi) is 8.16. The minimum absolute atomic E-state index is 0.0828. The first-order valence-corrected chi connectivity index (χ1v) is 10.2. The molecule has 0 fully saturated rings. The maximum atomic E-state index is 12.3. The van der Waals surface area contributed by atoms with Crippen molar-refractivity contribution in [3.63, 3.8) is 0 Å². The average molecular weight is 471 g/mol. The molecule has 176 valence electrons. The number of carbonyl (C=O) groups excluding carboxylic acids is 1. The highest BCUT2D eigenvalue weighted by atomic mass is 19.4. The van der Waals surface area contributed by atoms with Gasteiger partial charge in [0.1, 0.15) is 18.9 Å². The minimum Gasteiger partial charge on any atom is -0.463 e. The molecule has 1 aromatic heterocycles. The molecule has 7 nitrogen and oxygen atoms in total. The first-order valence-electron chi connectivity index (χ1n) is 10.2. The van der Waals surface area contributed by atoms with Crippen LogP contribution >= 0.6 is 0 Å². The summed E-state index contributed by atoms with van der Waals surface area (Å²) in [5.74, 6) is -0.606. The first-order chi connectivity index (χ1) is 16.2. The number of rotatable bonds is 9. The largest absolute Gasteiger partial charge is 0.463 e. The molecule has 34 heavy (non-hydrogen) atoms. The molecule has 0 aliphatic carbocycles. The second-order valence-corrected chi connectivity index (χ2v) is 7.30. The van der Waals surface area contributed by atoms with Gasteiger partial charge in [-0.25, -0.2) is 4.68 Å². The molecule has 3 rings (SSSR count). The van der Waals surface area contributed by atoms with Crippen molar-refractivity contribution in [2.24, 2.45) is 0 Å². The zero-order chi connectivity index (χ0) is 24.6. The number of nitriles is 1. The number of carbonyl (C=O) groups is 1. The topological polar surface area (TPSA) is 94.2 Å². The molecule has 2 aromatic carbocycles. The van der Waals surface area contributed by atoms with Crippen LogP contribution in [0.1, 0.15) is 22.4 Å². The number of benzene rings is 2. The van der Waals surface area contributed by atoms with Crippen LogP contribution in [0.4, 0.5) is 13.2 Å². The summed E-state index contributed by atoms with van der Waals surface area (Å²) < 4.78 is 46.9. The van der Waals surface area contributed by atoms with Crippen molar-refractivity contribution in [1.29, 1.82) is 5.26 Å². The predicted molar refractivity (Wildman–Crippen MR) is 115 cm³/mol.